The molecule has 3 heterocycles. The fraction of sp³-hybridized carbons (Fsp3) is 0.212. The number of nitrogens with zero attached hydrogens (tertiary/aromatic N) is 1. The van der Waals surface area contributed by atoms with E-state index in [1.165, 1.54) is 45.4 Å². The maximum absolute atomic E-state index is 13.2. The van der Waals surface area contributed by atoms with Crippen molar-refractivity contribution in [3.8, 4) is 48.0 Å². The average molecular weight is 503 g/mol. The highest BCUT2D eigenvalue weighted by molar-refractivity contribution is 5.85. The topological polar surface area (TPSA) is 37.5 Å². The number of aromatic amines is 1. The molecule has 3 aromatic carbocycles. The zero-order valence-electron chi connectivity index (χ0n) is 21.2. The third-order valence-electron chi connectivity index (χ3n) is 7.07. The summed E-state index contributed by atoms with van der Waals surface area (Å²) in [6, 6.07) is 19.6. The van der Waals surface area contributed by atoms with Crippen LogP contribution in [-0.2, 0) is 26.0 Å². The second-order valence-electron chi connectivity index (χ2n) is 9.22. The van der Waals surface area contributed by atoms with Gasteiger partial charge in [0.25, 0.3) is 0 Å². The number of benzene rings is 3. The van der Waals surface area contributed by atoms with Gasteiger partial charge in [0, 0.05) is 35.7 Å². The summed E-state index contributed by atoms with van der Waals surface area (Å²) in [6.45, 7) is 2.34. The molecular formula is C33H27FN2O2. The Kier molecular flexibility index (Phi) is 7.37. The smallest absolute Gasteiger partial charge is 0.162 e. The van der Waals surface area contributed by atoms with Crippen LogP contribution in [0.2, 0.25) is 0 Å². The van der Waals surface area contributed by atoms with Gasteiger partial charge in [0.15, 0.2) is 11.5 Å². The second kappa shape index (κ2) is 11.2. The minimum absolute atomic E-state index is 0.242. The van der Waals surface area contributed by atoms with Gasteiger partial charge in [0.1, 0.15) is 12.4 Å². The monoisotopic (exact) mass is 502 g/mol. The molecule has 0 spiro atoms. The van der Waals surface area contributed by atoms with Gasteiger partial charge in [-0.25, -0.2) is 4.39 Å². The van der Waals surface area contributed by atoms with Gasteiger partial charge >= 0.3 is 0 Å². The zero-order chi connectivity index (χ0) is 26.5. The highest BCUT2D eigenvalue weighted by Gasteiger charge is 2.34. The van der Waals surface area contributed by atoms with Gasteiger partial charge in [0.2, 0.25) is 0 Å². The number of para-hydroxylation sites is 1. The summed E-state index contributed by atoms with van der Waals surface area (Å²) in [4.78, 5) is 6.20. The first-order valence-corrected chi connectivity index (χ1v) is 12.4. The Morgan fingerprint density at radius 2 is 1.79 bits per heavy atom. The van der Waals surface area contributed by atoms with Crippen molar-refractivity contribution >= 4 is 10.9 Å². The summed E-state index contributed by atoms with van der Waals surface area (Å²) in [7, 11) is 1.68. The fourth-order valence-electron chi connectivity index (χ4n) is 5.30. The molecule has 0 fully saturated rings. The van der Waals surface area contributed by atoms with Crippen LogP contribution in [-0.4, -0.2) is 23.5 Å². The lowest BCUT2D eigenvalue weighted by molar-refractivity contribution is 0.158. The van der Waals surface area contributed by atoms with Crippen LogP contribution in [0.1, 0.15) is 34.0 Å². The molecule has 1 N–H and O–H groups in total. The van der Waals surface area contributed by atoms with E-state index in [4.69, 9.17) is 22.3 Å². The number of terminal acetylenes is 2. The highest BCUT2D eigenvalue weighted by atomic mass is 19.1. The number of rotatable bonds is 4. The van der Waals surface area contributed by atoms with Crippen molar-refractivity contribution in [2.45, 2.75) is 32.0 Å². The van der Waals surface area contributed by atoms with Crippen molar-refractivity contribution in [2.24, 2.45) is 0 Å². The molecule has 5 heteroatoms. The molecule has 0 radical (unpaired) electrons. The van der Waals surface area contributed by atoms with Crippen LogP contribution in [0.4, 0.5) is 4.39 Å². The first-order chi connectivity index (χ1) is 18.6. The fourth-order valence-corrected chi connectivity index (χ4v) is 5.30. The first-order valence-electron chi connectivity index (χ1n) is 12.4. The number of ether oxygens (including phenoxy) is 2. The van der Waals surface area contributed by atoms with Gasteiger partial charge in [-0.05, 0) is 89.1 Å². The van der Waals surface area contributed by atoms with Gasteiger partial charge in [-0.1, -0.05) is 30.3 Å². The van der Waals surface area contributed by atoms with Gasteiger partial charge in [-0.15, -0.1) is 12.8 Å². The molecule has 1 aromatic heterocycles. The summed E-state index contributed by atoms with van der Waals surface area (Å²) >= 11 is 0. The Labute approximate surface area is 222 Å². The average Bonchev–Trinajstić information content (AvgIpc) is 3.32. The number of methoxy groups -OCH3 is 1. The van der Waals surface area contributed by atoms with Crippen molar-refractivity contribution in [2.75, 3.05) is 13.7 Å². The van der Waals surface area contributed by atoms with Crippen LogP contribution in [0.25, 0.3) is 10.9 Å². The lowest BCUT2D eigenvalue weighted by Crippen LogP contribution is -2.39. The van der Waals surface area contributed by atoms with E-state index in [1.807, 2.05) is 0 Å². The number of hydrogen-bond donors (Lipinski definition) is 1. The molecule has 0 saturated heterocycles. The molecule has 2 aliphatic rings. The highest BCUT2D eigenvalue weighted by Crippen LogP contribution is 2.44. The predicted octanol–water partition coefficient (Wildman–Crippen LogP) is 5.81. The van der Waals surface area contributed by atoms with Crippen LogP contribution in [0.3, 0.4) is 0 Å². The number of hydrogen-bond acceptors (Lipinski definition) is 3. The molecule has 1 atom stereocenters. The second-order valence-corrected chi connectivity index (χ2v) is 9.22. The lowest BCUT2D eigenvalue weighted by atomic mass is 9.85. The van der Waals surface area contributed by atoms with Gasteiger partial charge in [0.05, 0.1) is 7.11 Å². The molecule has 4 nitrogen and oxygen atoms in total. The summed E-state index contributed by atoms with van der Waals surface area (Å²) in [6.07, 6.45) is 11.4. The molecule has 0 bridgehead atoms. The summed E-state index contributed by atoms with van der Waals surface area (Å²) in [5.41, 5.74) is 7.57. The quantitative estimate of drug-likeness (QED) is 0.358. The van der Waals surface area contributed by atoms with E-state index in [2.05, 4.69) is 70.0 Å². The van der Waals surface area contributed by atoms with Crippen LogP contribution in [0.5, 0.6) is 11.5 Å². The molecule has 4 aromatic rings. The van der Waals surface area contributed by atoms with Crippen LogP contribution < -0.4 is 9.47 Å². The predicted molar refractivity (Wildman–Crippen MR) is 148 cm³/mol. The molecule has 1 unspecified atom stereocenters. The molecule has 6 rings (SSSR count). The largest absolute Gasteiger partial charge is 0.493 e. The van der Waals surface area contributed by atoms with Crippen molar-refractivity contribution in [3.05, 3.63) is 94.4 Å². The van der Waals surface area contributed by atoms with E-state index < -0.39 is 0 Å². The van der Waals surface area contributed by atoms with Crippen molar-refractivity contribution in [3.63, 3.8) is 0 Å². The Balaban J connectivity index is 0.000000443. The molecule has 188 valence electrons. The normalized spacial score (nSPS) is 15.2. The van der Waals surface area contributed by atoms with Crippen molar-refractivity contribution in [1.82, 2.24) is 9.88 Å². The third-order valence-corrected chi connectivity index (χ3v) is 7.07. The molecule has 38 heavy (non-hydrogen) atoms. The molecule has 2 aliphatic heterocycles. The summed E-state index contributed by atoms with van der Waals surface area (Å²) < 4.78 is 25.0. The zero-order valence-corrected chi connectivity index (χ0v) is 21.2. The number of nitrogens with one attached hydrogen (secondary N) is 1. The van der Waals surface area contributed by atoms with E-state index in [9.17, 15) is 4.39 Å². The van der Waals surface area contributed by atoms with E-state index in [1.54, 1.807) is 19.2 Å². The molecule has 0 saturated carbocycles. The number of fused-ring (bicyclic) bond motifs is 6. The maximum atomic E-state index is 13.2. The van der Waals surface area contributed by atoms with Gasteiger partial charge in [-0.2, -0.15) is 0 Å². The Hall–Kier alpha value is -4.63. The maximum Gasteiger partial charge on any atom is 0.162 e. The molecular weight excluding hydrogens is 475 g/mol. The van der Waals surface area contributed by atoms with Crippen LogP contribution in [0.15, 0.2) is 60.7 Å². The Bertz CT molecular complexity index is 1590. The van der Waals surface area contributed by atoms with Crippen molar-refractivity contribution < 1.29 is 13.9 Å². The van der Waals surface area contributed by atoms with Gasteiger partial charge < -0.3 is 14.5 Å². The molecule has 0 aliphatic carbocycles. The Morgan fingerprint density at radius 3 is 2.53 bits per heavy atom. The van der Waals surface area contributed by atoms with E-state index >= 15 is 0 Å². The standard InChI is InChI=1S/C27H25FN2O2.C6H2/c1-31-26-12-18-10-11-30-15-24-22(20-4-2-3-5-23(20)29-24)13-25(30)21(18)14-27(26)32-16-17-6-8-19(28)9-7-17;1-3-5-6-4-2/h2-9,12,14,25,29H,10-11,13,15-16H2,1H3;1-2H. The molecule has 0 amide bonds. The van der Waals surface area contributed by atoms with E-state index in [-0.39, 0.29) is 5.82 Å². The van der Waals surface area contributed by atoms with Crippen LogP contribution in [0, 0.1) is 42.3 Å². The number of aromatic nitrogens is 1. The Morgan fingerprint density at radius 1 is 1.03 bits per heavy atom. The minimum atomic E-state index is -0.242. The SMILES string of the molecule is C#CC#CC#C.COc1cc2c(cc1OCc1ccc(F)cc1)C1Cc3c([nH]c4ccccc34)CN1CC2. The summed E-state index contributed by atoms with van der Waals surface area (Å²) in [5, 5.41) is 1.33. The minimum Gasteiger partial charge on any atom is -0.493 e. The van der Waals surface area contributed by atoms with Crippen molar-refractivity contribution in [1.29, 1.82) is 0 Å². The van der Waals surface area contributed by atoms with Crippen LogP contribution >= 0.6 is 0 Å². The number of halogens is 1. The number of H-pyrrole nitrogens is 1. The third kappa shape index (κ3) is 5.09. The summed E-state index contributed by atoms with van der Waals surface area (Å²) in [5.74, 6) is 9.86. The van der Waals surface area contributed by atoms with E-state index in [0.717, 1.165) is 43.0 Å². The first kappa shape index (κ1) is 25.0. The van der Waals surface area contributed by atoms with E-state index in [0.29, 0.717) is 12.6 Å². The van der Waals surface area contributed by atoms with Gasteiger partial charge in [-0.3, -0.25) is 4.90 Å². The lowest BCUT2D eigenvalue weighted by Gasteiger charge is -2.40.